The molecule has 6 heteroatoms. The fraction of sp³-hybridized carbons (Fsp3) is 0.480. The monoisotopic (exact) mass is 759 g/mol. The molecule has 4 aromatic rings. The molecule has 1 heterocycles. The van der Waals surface area contributed by atoms with E-state index >= 15 is 0 Å². The van der Waals surface area contributed by atoms with Crippen molar-refractivity contribution in [1.82, 2.24) is 9.97 Å². The Hall–Kier alpha value is -4.58. The summed E-state index contributed by atoms with van der Waals surface area (Å²) in [5.74, 6) is 1.43. The fourth-order valence-corrected chi connectivity index (χ4v) is 6.83. The Labute approximate surface area is 337 Å². The summed E-state index contributed by atoms with van der Waals surface area (Å²) in [6.07, 6.45) is 35.1. The van der Waals surface area contributed by atoms with Gasteiger partial charge >= 0.3 is 0 Å². The fourth-order valence-electron chi connectivity index (χ4n) is 6.83. The molecule has 0 unspecified atom stereocenters. The van der Waals surface area contributed by atoms with Crippen molar-refractivity contribution in [3.63, 3.8) is 0 Å². The van der Waals surface area contributed by atoms with Gasteiger partial charge in [0.15, 0.2) is 11.5 Å². The number of hydrogen-bond donors (Lipinski definition) is 0. The van der Waals surface area contributed by atoms with Crippen molar-refractivity contribution < 1.29 is 19.1 Å². The molecule has 56 heavy (non-hydrogen) atoms. The zero-order chi connectivity index (χ0) is 39.5. The predicted octanol–water partition coefficient (Wildman–Crippen LogP) is 14.2. The van der Waals surface area contributed by atoms with Crippen LogP contribution in [0.1, 0.15) is 185 Å². The number of nitrogens with zero attached hydrogens (tertiary/aromatic N) is 2. The third-order valence-electron chi connectivity index (χ3n) is 10.3. The van der Waals surface area contributed by atoms with E-state index in [1.807, 2.05) is 60.7 Å². The van der Waals surface area contributed by atoms with E-state index in [0.29, 0.717) is 47.2 Å². The first-order chi connectivity index (χ1) is 27.6. The van der Waals surface area contributed by atoms with Crippen LogP contribution in [-0.2, 0) is 0 Å². The smallest absolute Gasteiger partial charge is 0.163 e. The zero-order valence-corrected chi connectivity index (χ0v) is 34.3. The highest BCUT2D eigenvalue weighted by Crippen LogP contribution is 2.33. The third-order valence-corrected chi connectivity index (χ3v) is 10.3. The quantitative estimate of drug-likeness (QED) is 0.0389. The largest absolute Gasteiger partial charge is 0.490 e. The van der Waals surface area contributed by atoms with Crippen molar-refractivity contribution in [3.8, 4) is 11.5 Å². The lowest BCUT2D eigenvalue weighted by atomic mass is 10.1. The topological polar surface area (TPSA) is 78.4 Å². The minimum Gasteiger partial charge on any atom is -0.490 e. The van der Waals surface area contributed by atoms with Crippen molar-refractivity contribution in [2.75, 3.05) is 13.2 Å². The Bertz CT molecular complexity index is 1630. The van der Waals surface area contributed by atoms with Gasteiger partial charge in [0.1, 0.15) is 12.6 Å². The van der Waals surface area contributed by atoms with E-state index in [0.717, 1.165) is 60.4 Å². The van der Waals surface area contributed by atoms with Gasteiger partial charge in [0.25, 0.3) is 0 Å². The van der Waals surface area contributed by atoms with Crippen LogP contribution in [-0.4, -0.2) is 35.8 Å². The average Bonchev–Trinajstić information content (AvgIpc) is 3.23. The molecule has 0 radical (unpaired) electrons. The van der Waals surface area contributed by atoms with Crippen LogP contribution in [0.5, 0.6) is 11.5 Å². The third kappa shape index (κ3) is 16.6. The highest BCUT2D eigenvalue weighted by atomic mass is 16.5. The minimum atomic E-state index is 0.633. The molecule has 0 aliphatic heterocycles. The van der Waals surface area contributed by atoms with Gasteiger partial charge in [-0.2, -0.15) is 0 Å². The summed E-state index contributed by atoms with van der Waals surface area (Å²) in [6.45, 7) is 5.81. The van der Waals surface area contributed by atoms with Crippen LogP contribution in [0.2, 0.25) is 0 Å². The van der Waals surface area contributed by atoms with Crippen molar-refractivity contribution in [3.05, 3.63) is 94.3 Å². The highest BCUT2D eigenvalue weighted by Gasteiger charge is 2.13. The summed E-state index contributed by atoms with van der Waals surface area (Å²) >= 11 is 0. The molecule has 0 atom stereocenters. The summed E-state index contributed by atoms with van der Waals surface area (Å²) in [7, 11) is 0. The Morgan fingerprint density at radius 1 is 0.411 bits per heavy atom. The molecule has 0 aliphatic rings. The van der Waals surface area contributed by atoms with E-state index in [-0.39, 0.29) is 0 Å². The molecule has 0 bridgehead atoms. The van der Waals surface area contributed by atoms with E-state index in [9.17, 15) is 9.59 Å². The second-order valence-electron chi connectivity index (χ2n) is 15.1. The van der Waals surface area contributed by atoms with Gasteiger partial charge in [0, 0.05) is 23.3 Å². The van der Waals surface area contributed by atoms with Gasteiger partial charge < -0.3 is 9.47 Å². The molecule has 0 fully saturated rings. The molecule has 0 N–H and O–H groups in total. The maximum absolute atomic E-state index is 11.2. The van der Waals surface area contributed by atoms with E-state index < -0.39 is 0 Å². The summed E-state index contributed by atoms with van der Waals surface area (Å²) in [6, 6.07) is 18.8. The molecular weight excluding hydrogens is 693 g/mol. The van der Waals surface area contributed by atoms with Gasteiger partial charge in [-0.3, -0.25) is 9.59 Å². The van der Waals surface area contributed by atoms with Crippen LogP contribution < -0.4 is 9.47 Å². The van der Waals surface area contributed by atoms with Crippen molar-refractivity contribution in [1.29, 1.82) is 0 Å². The standard InChI is InChI=1S/C50H66N2O4/c1-3-5-7-9-11-13-15-17-19-21-35-55-49-37-47-48(38-50(49)56-36-22-20-18-16-14-12-10-8-6-4-2)52-46(34-32-42-25-29-44(40-54)30-26-42)45(51-47)33-31-41-23-27-43(39-53)28-24-41/h23-34,37-40H,3-22,35-36H2,1-2H3/b33-31+,34-32+. The first-order valence-corrected chi connectivity index (χ1v) is 21.7. The van der Waals surface area contributed by atoms with Crippen molar-refractivity contribution in [2.45, 2.75) is 142 Å². The predicted molar refractivity (Wildman–Crippen MR) is 236 cm³/mol. The number of carbonyl (C=O) groups is 2. The first kappa shape index (κ1) is 44.1. The van der Waals surface area contributed by atoms with Crippen LogP contribution in [0.15, 0.2) is 60.7 Å². The van der Waals surface area contributed by atoms with Crippen molar-refractivity contribution in [2.24, 2.45) is 0 Å². The van der Waals surface area contributed by atoms with Gasteiger partial charge in [0.05, 0.1) is 35.6 Å². The van der Waals surface area contributed by atoms with Crippen LogP contribution >= 0.6 is 0 Å². The van der Waals surface area contributed by atoms with E-state index in [1.54, 1.807) is 24.3 Å². The first-order valence-electron chi connectivity index (χ1n) is 21.7. The lowest BCUT2D eigenvalue weighted by Crippen LogP contribution is -2.04. The van der Waals surface area contributed by atoms with Gasteiger partial charge in [-0.25, -0.2) is 9.97 Å². The number of ether oxygens (including phenoxy) is 2. The Morgan fingerprint density at radius 2 is 0.714 bits per heavy atom. The number of rotatable bonds is 30. The summed E-state index contributed by atoms with van der Waals surface area (Å²) in [4.78, 5) is 32.6. The molecule has 1 aromatic heterocycles. The number of benzene rings is 3. The minimum absolute atomic E-state index is 0.633. The number of carbonyl (C=O) groups excluding carboxylic acids is 2. The SMILES string of the molecule is CCCCCCCCCCCCOc1cc2nc(/C=C/c3ccc(C=O)cc3)c(/C=C/c3ccc(C=O)cc3)nc2cc1OCCCCCCCCCCCC. The summed E-state index contributed by atoms with van der Waals surface area (Å²) < 4.78 is 12.9. The maximum atomic E-state index is 11.2. The number of aromatic nitrogens is 2. The molecule has 0 saturated heterocycles. The lowest BCUT2D eigenvalue weighted by Gasteiger charge is -2.15. The molecular formula is C50H66N2O4. The van der Waals surface area contributed by atoms with Gasteiger partial charge in [-0.15, -0.1) is 0 Å². The second kappa shape index (κ2) is 27.1. The van der Waals surface area contributed by atoms with Gasteiger partial charge in [-0.1, -0.05) is 190 Å². The lowest BCUT2D eigenvalue weighted by molar-refractivity contribution is 0.111. The number of unbranched alkanes of at least 4 members (excludes halogenated alkanes) is 18. The van der Waals surface area contributed by atoms with Gasteiger partial charge in [-0.05, 0) is 36.1 Å². The summed E-state index contributed by atoms with van der Waals surface area (Å²) in [5.41, 5.74) is 6.05. The maximum Gasteiger partial charge on any atom is 0.163 e. The molecule has 4 rings (SSSR count). The Kier molecular flexibility index (Phi) is 21.4. The van der Waals surface area contributed by atoms with Crippen LogP contribution in [0.4, 0.5) is 0 Å². The second-order valence-corrected chi connectivity index (χ2v) is 15.1. The molecule has 300 valence electrons. The molecule has 6 nitrogen and oxygen atoms in total. The average molecular weight is 759 g/mol. The van der Waals surface area contributed by atoms with Gasteiger partial charge in [0.2, 0.25) is 0 Å². The molecule has 3 aromatic carbocycles. The van der Waals surface area contributed by atoms with Crippen LogP contribution in [0.25, 0.3) is 35.3 Å². The van der Waals surface area contributed by atoms with E-state index in [4.69, 9.17) is 19.4 Å². The normalized spacial score (nSPS) is 11.5. The Balaban J connectivity index is 1.49. The molecule has 0 amide bonds. The number of aldehydes is 2. The Morgan fingerprint density at radius 3 is 1.04 bits per heavy atom. The molecule has 0 aliphatic carbocycles. The zero-order valence-electron chi connectivity index (χ0n) is 34.3. The van der Waals surface area contributed by atoms with Crippen LogP contribution in [0, 0.1) is 0 Å². The van der Waals surface area contributed by atoms with Crippen LogP contribution in [0.3, 0.4) is 0 Å². The highest BCUT2D eigenvalue weighted by molar-refractivity contribution is 5.85. The van der Waals surface area contributed by atoms with E-state index in [2.05, 4.69) is 13.8 Å². The number of hydrogen-bond acceptors (Lipinski definition) is 6. The molecule has 0 spiro atoms. The van der Waals surface area contributed by atoms with Crippen molar-refractivity contribution >= 4 is 47.9 Å². The van der Waals surface area contributed by atoms with E-state index in [1.165, 1.54) is 103 Å². The number of fused-ring (bicyclic) bond motifs is 1. The summed E-state index contributed by atoms with van der Waals surface area (Å²) in [5, 5.41) is 0. The molecule has 0 saturated carbocycles.